The quantitative estimate of drug-likeness (QED) is 0.238. The molecule has 0 fully saturated rings. The van der Waals surface area contributed by atoms with Crippen molar-refractivity contribution in [2.75, 3.05) is 0 Å². The summed E-state index contributed by atoms with van der Waals surface area (Å²) in [5.74, 6) is -0.774. The molecule has 7 nitrogen and oxygen atoms in total. The smallest absolute Gasteiger partial charge is 0.303 e. The molecule has 36 heavy (non-hydrogen) atoms. The Labute approximate surface area is 218 Å². The predicted octanol–water partition coefficient (Wildman–Crippen LogP) is 5.57. The van der Waals surface area contributed by atoms with Crippen molar-refractivity contribution in [2.24, 2.45) is 16.7 Å². The van der Waals surface area contributed by atoms with Gasteiger partial charge < -0.3 is 10.1 Å². The topological polar surface area (TPSA) is 92.8 Å². The van der Waals surface area contributed by atoms with Gasteiger partial charge >= 0.3 is 5.97 Å². The Morgan fingerprint density at radius 3 is 2.14 bits per heavy atom. The van der Waals surface area contributed by atoms with Crippen LogP contribution in [0.5, 0.6) is 0 Å². The highest BCUT2D eigenvalue weighted by atomic mass is 16.5. The summed E-state index contributed by atoms with van der Waals surface area (Å²) in [4.78, 5) is 51.3. The van der Waals surface area contributed by atoms with Crippen LogP contribution in [0.25, 0.3) is 0 Å². The SMILES string of the molecule is CCC(C)(CC(=O)N(C=O)C(C)(C)CC(C)(C)NC(=O)C1CC/C=C/C(OC(C)=O)CC1)C(C)(C)C. The van der Waals surface area contributed by atoms with Crippen molar-refractivity contribution in [3.63, 3.8) is 0 Å². The molecular weight excluding hydrogens is 456 g/mol. The third-order valence-electron chi connectivity index (χ3n) is 8.02. The average molecular weight is 507 g/mol. The van der Waals surface area contributed by atoms with Crippen LogP contribution in [-0.4, -0.2) is 46.3 Å². The number of rotatable bonds is 10. The van der Waals surface area contributed by atoms with Crippen LogP contribution in [0.3, 0.4) is 0 Å². The summed E-state index contributed by atoms with van der Waals surface area (Å²) in [6.07, 6.45) is 8.38. The Balaban J connectivity index is 2.91. The third-order valence-corrected chi connectivity index (χ3v) is 8.02. The zero-order valence-electron chi connectivity index (χ0n) is 24.3. The number of imide groups is 1. The average Bonchev–Trinajstić information content (AvgIpc) is 2.67. The van der Waals surface area contributed by atoms with Gasteiger partial charge in [0.05, 0.1) is 0 Å². The molecule has 0 aromatic rings. The molecule has 1 aliphatic carbocycles. The van der Waals surface area contributed by atoms with E-state index >= 15 is 0 Å². The van der Waals surface area contributed by atoms with Crippen molar-refractivity contribution in [3.05, 3.63) is 12.2 Å². The standard InChI is InChI=1S/C29H50N2O5/c1-11-29(10,26(3,4)5)18-24(34)31(20-32)28(8,9)19-27(6,7)30-25(35)22-14-12-13-15-23(17-16-22)36-21(2)33/h13,15,20,22-23H,11-12,14,16-19H2,1-10H3,(H,30,35)/b15-13+. The largest absolute Gasteiger partial charge is 0.458 e. The molecule has 3 amide bonds. The van der Waals surface area contributed by atoms with Gasteiger partial charge in [0, 0.05) is 30.3 Å². The number of nitrogens with one attached hydrogen (secondary N) is 1. The normalized spacial score (nSPS) is 21.8. The molecule has 1 rings (SSSR count). The molecule has 0 aliphatic heterocycles. The number of ether oxygens (including phenoxy) is 1. The molecule has 1 aliphatic rings. The molecule has 3 unspecified atom stereocenters. The first kappa shape index (κ1) is 31.8. The molecule has 0 heterocycles. The van der Waals surface area contributed by atoms with Gasteiger partial charge in [-0.2, -0.15) is 0 Å². The number of nitrogens with zero attached hydrogens (tertiary/aromatic N) is 1. The van der Waals surface area contributed by atoms with Crippen LogP contribution in [0.2, 0.25) is 0 Å². The Kier molecular flexibility index (Phi) is 10.9. The summed E-state index contributed by atoms with van der Waals surface area (Å²) in [6.45, 7) is 19.5. The first-order valence-electron chi connectivity index (χ1n) is 13.3. The highest BCUT2D eigenvalue weighted by molar-refractivity contribution is 5.87. The van der Waals surface area contributed by atoms with E-state index in [0.29, 0.717) is 25.7 Å². The second-order valence-electron chi connectivity index (χ2n) is 13.0. The lowest BCUT2D eigenvalue weighted by Gasteiger charge is -2.45. The molecule has 0 spiro atoms. The van der Waals surface area contributed by atoms with Gasteiger partial charge in [0.15, 0.2) is 0 Å². The van der Waals surface area contributed by atoms with E-state index in [-0.39, 0.29) is 47.1 Å². The van der Waals surface area contributed by atoms with Crippen LogP contribution < -0.4 is 5.32 Å². The van der Waals surface area contributed by atoms with Crippen molar-refractivity contribution in [2.45, 2.75) is 131 Å². The number of hydrogen-bond donors (Lipinski definition) is 1. The highest BCUT2D eigenvalue weighted by Gasteiger charge is 2.43. The predicted molar refractivity (Wildman–Crippen MR) is 143 cm³/mol. The molecule has 0 aromatic carbocycles. The van der Waals surface area contributed by atoms with E-state index in [1.54, 1.807) is 0 Å². The number of allylic oxidation sites excluding steroid dienone is 1. The molecule has 7 heteroatoms. The van der Waals surface area contributed by atoms with E-state index in [4.69, 9.17) is 4.74 Å². The van der Waals surface area contributed by atoms with Crippen LogP contribution >= 0.6 is 0 Å². The number of hydrogen-bond acceptors (Lipinski definition) is 5. The molecule has 0 radical (unpaired) electrons. The number of amides is 3. The van der Waals surface area contributed by atoms with Crippen LogP contribution in [0.15, 0.2) is 12.2 Å². The maximum absolute atomic E-state index is 13.3. The summed E-state index contributed by atoms with van der Waals surface area (Å²) in [5, 5.41) is 3.16. The van der Waals surface area contributed by atoms with Crippen molar-refractivity contribution >= 4 is 24.2 Å². The first-order valence-corrected chi connectivity index (χ1v) is 13.3. The van der Waals surface area contributed by atoms with Crippen LogP contribution in [0.1, 0.15) is 114 Å². The summed E-state index contributed by atoms with van der Waals surface area (Å²) in [7, 11) is 0. The summed E-state index contributed by atoms with van der Waals surface area (Å²) < 4.78 is 5.32. The fraction of sp³-hybridized carbons (Fsp3) is 0.793. The van der Waals surface area contributed by atoms with E-state index in [0.717, 1.165) is 19.3 Å². The maximum atomic E-state index is 13.3. The lowest BCUT2D eigenvalue weighted by atomic mass is 9.64. The Morgan fingerprint density at radius 2 is 1.64 bits per heavy atom. The van der Waals surface area contributed by atoms with Gasteiger partial charge in [-0.15, -0.1) is 0 Å². The van der Waals surface area contributed by atoms with Gasteiger partial charge in [-0.3, -0.25) is 24.1 Å². The number of carbonyl (C=O) groups is 4. The second kappa shape index (κ2) is 12.4. The van der Waals surface area contributed by atoms with Crippen molar-refractivity contribution in [3.8, 4) is 0 Å². The van der Waals surface area contributed by atoms with Gasteiger partial charge in [-0.1, -0.05) is 40.7 Å². The first-order chi connectivity index (χ1) is 16.4. The Bertz CT molecular complexity index is 824. The van der Waals surface area contributed by atoms with E-state index in [1.165, 1.54) is 11.8 Å². The minimum atomic E-state index is -0.785. The van der Waals surface area contributed by atoms with E-state index in [2.05, 4.69) is 39.9 Å². The van der Waals surface area contributed by atoms with E-state index in [9.17, 15) is 19.2 Å². The van der Waals surface area contributed by atoms with Crippen molar-refractivity contribution < 1.29 is 23.9 Å². The summed E-state index contributed by atoms with van der Waals surface area (Å²) >= 11 is 0. The van der Waals surface area contributed by atoms with Crippen molar-refractivity contribution in [1.82, 2.24) is 10.2 Å². The zero-order valence-corrected chi connectivity index (χ0v) is 24.3. The molecule has 0 aromatic heterocycles. The van der Waals surface area contributed by atoms with E-state index < -0.39 is 11.1 Å². The van der Waals surface area contributed by atoms with Crippen LogP contribution in [-0.2, 0) is 23.9 Å². The van der Waals surface area contributed by atoms with Gasteiger partial charge in [0.2, 0.25) is 18.2 Å². The monoisotopic (exact) mass is 506 g/mol. The third kappa shape index (κ3) is 9.04. The second-order valence-corrected chi connectivity index (χ2v) is 13.0. The molecule has 0 bridgehead atoms. The lowest BCUT2D eigenvalue weighted by molar-refractivity contribution is -0.148. The number of esters is 1. The molecular formula is C29H50N2O5. The fourth-order valence-electron chi connectivity index (χ4n) is 5.25. The van der Waals surface area contributed by atoms with Gasteiger partial charge in [-0.05, 0) is 83.1 Å². The summed E-state index contributed by atoms with van der Waals surface area (Å²) in [5.41, 5.74) is -1.77. The molecule has 0 saturated carbocycles. The zero-order chi connectivity index (χ0) is 27.9. The molecule has 206 valence electrons. The molecule has 1 N–H and O–H groups in total. The Hall–Kier alpha value is -2.18. The fourth-order valence-corrected chi connectivity index (χ4v) is 5.25. The Morgan fingerprint density at radius 1 is 1.03 bits per heavy atom. The molecule has 3 atom stereocenters. The maximum Gasteiger partial charge on any atom is 0.303 e. The van der Waals surface area contributed by atoms with Gasteiger partial charge in [0.25, 0.3) is 0 Å². The number of carbonyl (C=O) groups excluding carboxylic acids is 4. The lowest BCUT2D eigenvalue weighted by Crippen LogP contribution is -2.56. The van der Waals surface area contributed by atoms with Crippen LogP contribution in [0.4, 0.5) is 0 Å². The minimum absolute atomic E-state index is 0.0528. The van der Waals surface area contributed by atoms with Gasteiger partial charge in [-0.25, -0.2) is 0 Å². The minimum Gasteiger partial charge on any atom is -0.458 e. The van der Waals surface area contributed by atoms with Crippen LogP contribution in [0, 0.1) is 16.7 Å². The van der Waals surface area contributed by atoms with E-state index in [1.807, 2.05) is 39.8 Å². The highest BCUT2D eigenvalue weighted by Crippen LogP contribution is 2.45. The molecule has 0 saturated heterocycles. The summed E-state index contributed by atoms with van der Waals surface area (Å²) in [6, 6.07) is 0. The van der Waals surface area contributed by atoms with Gasteiger partial charge in [0.1, 0.15) is 6.10 Å². The van der Waals surface area contributed by atoms with Crippen molar-refractivity contribution in [1.29, 1.82) is 0 Å².